The first kappa shape index (κ1) is 16.0. The van der Waals surface area contributed by atoms with Crippen molar-refractivity contribution in [2.75, 3.05) is 0 Å². The molecule has 0 saturated heterocycles. The lowest BCUT2D eigenvalue weighted by Gasteiger charge is -2.28. The molecule has 6 heteroatoms. The molecule has 0 bridgehead atoms. The van der Waals surface area contributed by atoms with Crippen LogP contribution < -0.4 is 5.32 Å². The zero-order valence-corrected chi connectivity index (χ0v) is 13.0. The molecule has 2 N–H and O–H groups in total. The first-order valence-electron chi connectivity index (χ1n) is 5.88. The molecule has 1 rings (SSSR count). The molecule has 0 aromatic heterocycles. The lowest BCUT2D eigenvalue weighted by Crippen LogP contribution is -2.53. The fourth-order valence-corrected chi connectivity index (χ4v) is 2.32. The lowest BCUT2D eigenvalue weighted by atomic mass is 9.92. The maximum absolute atomic E-state index is 12.2. The number of carbonyl (C=O) groups is 2. The van der Waals surface area contributed by atoms with Crippen LogP contribution in [0.25, 0.3) is 0 Å². The number of aliphatic carboxylic acids is 1. The SMILES string of the molecule is CCC(CC)(NC(=O)c1cccc(Br)c1Cl)C(=O)O. The van der Waals surface area contributed by atoms with E-state index in [4.69, 9.17) is 11.6 Å². The van der Waals surface area contributed by atoms with E-state index in [1.54, 1.807) is 32.0 Å². The predicted molar refractivity (Wildman–Crippen MR) is 77.6 cm³/mol. The molecule has 0 saturated carbocycles. The zero-order chi connectivity index (χ0) is 14.6. The van der Waals surface area contributed by atoms with E-state index in [1.165, 1.54) is 0 Å². The highest BCUT2D eigenvalue weighted by atomic mass is 79.9. The molecule has 0 aliphatic carbocycles. The summed E-state index contributed by atoms with van der Waals surface area (Å²) in [4.78, 5) is 23.5. The first-order chi connectivity index (χ1) is 8.88. The fourth-order valence-electron chi connectivity index (χ4n) is 1.75. The van der Waals surface area contributed by atoms with Crippen LogP contribution in [0.15, 0.2) is 22.7 Å². The average molecular weight is 349 g/mol. The van der Waals surface area contributed by atoms with Crippen LogP contribution in [-0.4, -0.2) is 22.5 Å². The number of hydrogen-bond acceptors (Lipinski definition) is 2. The Kier molecular flexibility index (Phi) is 5.38. The van der Waals surface area contributed by atoms with Crippen LogP contribution in [0.2, 0.25) is 5.02 Å². The van der Waals surface area contributed by atoms with Crippen molar-refractivity contribution < 1.29 is 14.7 Å². The van der Waals surface area contributed by atoms with E-state index < -0.39 is 17.4 Å². The molecule has 1 aromatic carbocycles. The van der Waals surface area contributed by atoms with Crippen molar-refractivity contribution in [3.05, 3.63) is 33.3 Å². The van der Waals surface area contributed by atoms with Crippen molar-refractivity contribution in [1.29, 1.82) is 0 Å². The van der Waals surface area contributed by atoms with Gasteiger partial charge in [0.15, 0.2) is 0 Å². The van der Waals surface area contributed by atoms with Crippen molar-refractivity contribution in [3.63, 3.8) is 0 Å². The minimum atomic E-state index is -1.26. The molecule has 19 heavy (non-hydrogen) atoms. The number of benzene rings is 1. The number of hydrogen-bond donors (Lipinski definition) is 2. The molecule has 4 nitrogen and oxygen atoms in total. The van der Waals surface area contributed by atoms with Gasteiger partial charge in [-0.05, 0) is 40.9 Å². The van der Waals surface area contributed by atoms with E-state index in [1.807, 2.05) is 0 Å². The highest BCUT2D eigenvalue weighted by Crippen LogP contribution is 2.27. The van der Waals surface area contributed by atoms with Crippen LogP contribution in [0.4, 0.5) is 0 Å². The summed E-state index contributed by atoms with van der Waals surface area (Å²) in [5.41, 5.74) is -1.01. The van der Waals surface area contributed by atoms with Crippen molar-refractivity contribution >= 4 is 39.4 Å². The normalized spacial score (nSPS) is 11.2. The van der Waals surface area contributed by atoms with Gasteiger partial charge in [0.1, 0.15) is 5.54 Å². The first-order valence-corrected chi connectivity index (χ1v) is 7.05. The third-order valence-electron chi connectivity index (χ3n) is 3.17. The molecule has 0 unspecified atom stereocenters. The molecular formula is C13H15BrClNO3. The standard InChI is InChI=1S/C13H15BrClNO3/c1-3-13(4-2,12(18)19)16-11(17)8-6-5-7-9(14)10(8)15/h5-7H,3-4H2,1-2H3,(H,16,17)(H,18,19). The third-order valence-corrected chi connectivity index (χ3v) is 4.46. The molecule has 0 aliphatic heterocycles. The molecule has 1 aromatic rings. The van der Waals surface area contributed by atoms with Crippen molar-refractivity contribution in [2.45, 2.75) is 32.2 Å². The summed E-state index contributed by atoms with van der Waals surface area (Å²) in [6, 6.07) is 4.94. The Morgan fingerprint density at radius 2 is 1.95 bits per heavy atom. The molecule has 0 atom stereocenters. The Morgan fingerprint density at radius 1 is 1.37 bits per heavy atom. The molecule has 1 amide bonds. The topological polar surface area (TPSA) is 66.4 Å². The molecular weight excluding hydrogens is 334 g/mol. The summed E-state index contributed by atoms with van der Waals surface area (Å²) < 4.78 is 0.593. The van der Waals surface area contributed by atoms with E-state index in [2.05, 4.69) is 21.2 Å². The fraction of sp³-hybridized carbons (Fsp3) is 0.385. The van der Waals surface area contributed by atoms with Gasteiger partial charge in [0.25, 0.3) is 5.91 Å². The number of rotatable bonds is 5. The quantitative estimate of drug-likeness (QED) is 0.856. The van der Waals surface area contributed by atoms with E-state index in [0.29, 0.717) is 17.3 Å². The van der Waals surface area contributed by atoms with Crippen LogP contribution >= 0.6 is 27.5 Å². The molecule has 0 fully saturated rings. The van der Waals surface area contributed by atoms with E-state index in [9.17, 15) is 14.7 Å². The average Bonchev–Trinajstić information content (AvgIpc) is 2.38. The summed E-state index contributed by atoms with van der Waals surface area (Å²) in [5.74, 6) is -1.53. The number of halogens is 2. The van der Waals surface area contributed by atoms with Crippen LogP contribution in [0.5, 0.6) is 0 Å². The van der Waals surface area contributed by atoms with Gasteiger partial charge in [0.2, 0.25) is 0 Å². The van der Waals surface area contributed by atoms with Gasteiger partial charge in [-0.2, -0.15) is 0 Å². The monoisotopic (exact) mass is 347 g/mol. The van der Waals surface area contributed by atoms with Crippen LogP contribution in [0, 0.1) is 0 Å². The summed E-state index contributed by atoms with van der Waals surface area (Å²) in [6.45, 7) is 3.45. The van der Waals surface area contributed by atoms with Crippen LogP contribution in [0.1, 0.15) is 37.0 Å². The van der Waals surface area contributed by atoms with Crippen molar-refractivity contribution in [2.24, 2.45) is 0 Å². The van der Waals surface area contributed by atoms with E-state index in [-0.39, 0.29) is 10.6 Å². The Labute approximate surface area is 125 Å². The third kappa shape index (κ3) is 3.28. The number of carbonyl (C=O) groups excluding carboxylic acids is 1. The molecule has 0 spiro atoms. The molecule has 0 aliphatic rings. The second-order valence-electron chi connectivity index (χ2n) is 4.15. The maximum atomic E-state index is 12.2. The number of carboxylic acids is 1. The second-order valence-corrected chi connectivity index (χ2v) is 5.38. The lowest BCUT2D eigenvalue weighted by molar-refractivity contribution is -0.144. The van der Waals surface area contributed by atoms with Crippen molar-refractivity contribution in [1.82, 2.24) is 5.32 Å². The van der Waals surface area contributed by atoms with Gasteiger partial charge < -0.3 is 10.4 Å². The number of nitrogens with one attached hydrogen (secondary N) is 1. The molecule has 104 valence electrons. The van der Waals surface area contributed by atoms with Gasteiger partial charge in [0.05, 0.1) is 10.6 Å². The second kappa shape index (κ2) is 6.39. The minimum absolute atomic E-state index is 0.253. The van der Waals surface area contributed by atoms with Crippen LogP contribution in [-0.2, 0) is 4.79 Å². The predicted octanol–water partition coefficient (Wildman–Crippen LogP) is 3.48. The van der Waals surface area contributed by atoms with E-state index in [0.717, 1.165) is 0 Å². The summed E-state index contributed by atoms with van der Waals surface area (Å²) >= 11 is 9.26. The Morgan fingerprint density at radius 3 is 2.42 bits per heavy atom. The largest absolute Gasteiger partial charge is 0.480 e. The zero-order valence-electron chi connectivity index (χ0n) is 10.7. The van der Waals surface area contributed by atoms with Gasteiger partial charge in [-0.1, -0.05) is 31.5 Å². The smallest absolute Gasteiger partial charge is 0.329 e. The summed E-state index contributed by atoms with van der Waals surface area (Å²) in [5, 5.41) is 12.1. The van der Waals surface area contributed by atoms with Gasteiger partial charge in [0, 0.05) is 4.47 Å². The van der Waals surface area contributed by atoms with Crippen molar-refractivity contribution in [3.8, 4) is 0 Å². The van der Waals surface area contributed by atoms with Gasteiger partial charge in [-0.25, -0.2) is 4.79 Å². The Bertz CT molecular complexity index is 501. The highest BCUT2D eigenvalue weighted by Gasteiger charge is 2.36. The minimum Gasteiger partial charge on any atom is -0.480 e. The number of carboxylic acid groups (broad SMARTS) is 1. The maximum Gasteiger partial charge on any atom is 0.329 e. The molecule has 0 heterocycles. The van der Waals surface area contributed by atoms with E-state index >= 15 is 0 Å². The Balaban J connectivity index is 3.08. The van der Waals surface area contributed by atoms with Gasteiger partial charge in [-0.3, -0.25) is 4.79 Å². The molecule has 0 radical (unpaired) electrons. The summed E-state index contributed by atoms with van der Waals surface area (Å²) in [6.07, 6.45) is 0.604. The van der Waals surface area contributed by atoms with Gasteiger partial charge >= 0.3 is 5.97 Å². The Hall–Kier alpha value is -1.07. The summed E-state index contributed by atoms with van der Waals surface area (Å²) in [7, 11) is 0. The number of amides is 1. The van der Waals surface area contributed by atoms with Gasteiger partial charge in [-0.15, -0.1) is 0 Å². The van der Waals surface area contributed by atoms with Crippen LogP contribution in [0.3, 0.4) is 0 Å². The highest BCUT2D eigenvalue weighted by molar-refractivity contribution is 9.10.